The molecule has 0 aliphatic carbocycles. The molecule has 1 heterocycles. The Morgan fingerprint density at radius 3 is 2.44 bits per heavy atom. The zero-order valence-electron chi connectivity index (χ0n) is 11.4. The van der Waals surface area contributed by atoms with Gasteiger partial charge >= 0.3 is 0 Å². The molecule has 1 N–H and O–H groups in total. The van der Waals surface area contributed by atoms with E-state index in [-0.39, 0.29) is 30.3 Å². The van der Waals surface area contributed by atoms with Gasteiger partial charge in [-0.3, -0.25) is 18.7 Å². The fraction of sp³-hybridized carbons (Fsp3) is 0.833. The minimum atomic E-state index is -0.822. The first-order valence-electron chi connectivity index (χ1n) is 6.25. The molecule has 0 spiro atoms. The lowest BCUT2D eigenvalue weighted by Crippen LogP contribution is -2.44. The van der Waals surface area contributed by atoms with E-state index in [0.717, 1.165) is 6.42 Å². The highest BCUT2D eigenvalue weighted by Crippen LogP contribution is 2.16. The van der Waals surface area contributed by atoms with Crippen molar-refractivity contribution in [3.8, 4) is 0 Å². The van der Waals surface area contributed by atoms with E-state index >= 15 is 0 Å². The number of carbonyl (C=O) groups is 2. The quantitative estimate of drug-likeness (QED) is 0.706. The van der Waals surface area contributed by atoms with Gasteiger partial charge in [0.25, 0.3) is 0 Å². The van der Waals surface area contributed by atoms with Crippen LogP contribution >= 0.6 is 0 Å². The van der Waals surface area contributed by atoms with Crippen LogP contribution < -0.4 is 5.32 Å². The van der Waals surface area contributed by atoms with E-state index in [0.29, 0.717) is 5.75 Å². The van der Waals surface area contributed by atoms with E-state index in [1.54, 1.807) is 6.26 Å². The van der Waals surface area contributed by atoms with Crippen LogP contribution in [0.3, 0.4) is 0 Å². The summed E-state index contributed by atoms with van der Waals surface area (Å²) in [6.45, 7) is 5.62. The van der Waals surface area contributed by atoms with Crippen molar-refractivity contribution < 1.29 is 13.8 Å². The fourth-order valence-electron chi connectivity index (χ4n) is 2.09. The molecule has 18 heavy (non-hydrogen) atoms. The maximum atomic E-state index is 12.0. The van der Waals surface area contributed by atoms with Gasteiger partial charge < -0.3 is 5.32 Å². The number of carbonyl (C=O) groups excluding carboxylic acids is 2. The van der Waals surface area contributed by atoms with Crippen LogP contribution in [-0.2, 0) is 20.4 Å². The van der Waals surface area contributed by atoms with Crippen LogP contribution in [0.1, 0.15) is 33.6 Å². The first-order chi connectivity index (χ1) is 8.32. The molecule has 0 aromatic carbocycles. The lowest BCUT2D eigenvalue weighted by atomic mass is 10.2. The molecule has 5 nitrogen and oxygen atoms in total. The minimum absolute atomic E-state index is 0.0859. The van der Waals surface area contributed by atoms with Gasteiger partial charge in [0.2, 0.25) is 11.8 Å². The highest BCUT2D eigenvalue weighted by Gasteiger charge is 2.40. The summed E-state index contributed by atoms with van der Waals surface area (Å²) in [4.78, 5) is 25.0. The molecule has 2 amide bonds. The largest absolute Gasteiger partial charge is 0.303 e. The number of imide groups is 1. The Hall–Kier alpha value is -0.750. The first kappa shape index (κ1) is 15.3. The number of hydrogen-bond acceptors (Lipinski definition) is 4. The molecule has 6 heteroatoms. The van der Waals surface area contributed by atoms with Crippen molar-refractivity contribution in [2.45, 2.75) is 51.7 Å². The topological polar surface area (TPSA) is 66.5 Å². The van der Waals surface area contributed by atoms with Crippen LogP contribution in [0.5, 0.6) is 0 Å². The lowest BCUT2D eigenvalue weighted by Gasteiger charge is -2.21. The summed E-state index contributed by atoms with van der Waals surface area (Å²) in [5.41, 5.74) is 0. The maximum absolute atomic E-state index is 12.0. The Kier molecular flexibility index (Phi) is 5.47. The smallest absolute Gasteiger partial charge is 0.247 e. The molecule has 1 aliphatic heterocycles. The van der Waals surface area contributed by atoms with Crippen LogP contribution in [0.15, 0.2) is 0 Å². The van der Waals surface area contributed by atoms with E-state index in [1.807, 2.05) is 20.8 Å². The first-order valence-corrected chi connectivity index (χ1v) is 7.97. The Bertz CT molecular complexity index is 357. The second-order valence-corrected chi connectivity index (χ2v) is 6.64. The SMILES string of the molecule is CC(CCS(C)=O)NC1CC(=O)N(C(C)C)C1=O. The third-order valence-electron chi connectivity index (χ3n) is 3.02. The van der Waals surface area contributed by atoms with E-state index < -0.39 is 16.8 Å². The lowest BCUT2D eigenvalue weighted by molar-refractivity contribution is -0.140. The van der Waals surface area contributed by atoms with Crippen molar-refractivity contribution in [3.63, 3.8) is 0 Å². The normalized spacial score (nSPS) is 23.8. The summed E-state index contributed by atoms with van der Waals surface area (Å²) in [5.74, 6) is 0.356. The van der Waals surface area contributed by atoms with Gasteiger partial charge in [-0.15, -0.1) is 0 Å². The molecular formula is C12H22N2O3S. The Morgan fingerprint density at radius 1 is 1.39 bits per heavy atom. The van der Waals surface area contributed by atoms with Crippen molar-refractivity contribution in [1.29, 1.82) is 0 Å². The van der Waals surface area contributed by atoms with Crippen LogP contribution in [0.2, 0.25) is 0 Å². The number of nitrogens with zero attached hydrogens (tertiary/aromatic N) is 1. The molecule has 1 fully saturated rings. The number of hydrogen-bond donors (Lipinski definition) is 1. The summed E-state index contributed by atoms with van der Waals surface area (Å²) >= 11 is 0. The van der Waals surface area contributed by atoms with Crippen molar-refractivity contribution >= 4 is 22.6 Å². The van der Waals surface area contributed by atoms with Crippen LogP contribution in [0, 0.1) is 0 Å². The fourth-order valence-corrected chi connectivity index (χ4v) is 2.78. The average molecular weight is 274 g/mol. The van der Waals surface area contributed by atoms with Crippen molar-refractivity contribution in [1.82, 2.24) is 10.2 Å². The van der Waals surface area contributed by atoms with Gasteiger partial charge in [-0.05, 0) is 27.2 Å². The third kappa shape index (κ3) is 3.88. The van der Waals surface area contributed by atoms with E-state index in [2.05, 4.69) is 5.32 Å². The number of rotatable bonds is 6. The molecule has 1 aliphatic rings. The molecular weight excluding hydrogens is 252 g/mol. The number of nitrogens with one attached hydrogen (secondary N) is 1. The second-order valence-electron chi connectivity index (χ2n) is 5.09. The summed E-state index contributed by atoms with van der Waals surface area (Å²) < 4.78 is 11.0. The number of likely N-dealkylation sites (tertiary alicyclic amines) is 1. The molecule has 0 bridgehead atoms. The zero-order valence-corrected chi connectivity index (χ0v) is 12.3. The molecule has 1 rings (SSSR count). The highest BCUT2D eigenvalue weighted by atomic mass is 32.2. The van der Waals surface area contributed by atoms with Crippen LogP contribution in [0.4, 0.5) is 0 Å². The highest BCUT2D eigenvalue weighted by molar-refractivity contribution is 7.84. The Morgan fingerprint density at radius 2 is 2.00 bits per heavy atom. The predicted molar refractivity (Wildman–Crippen MR) is 71.5 cm³/mol. The standard InChI is InChI=1S/C12H22N2O3S/c1-8(2)14-11(15)7-10(12(14)16)13-9(3)5-6-18(4)17/h8-10,13H,5-7H2,1-4H3. The molecule has 0 aromatic heterocycles. The van der Waals surface area contributed by atoms with Crippen molar-refractivity contribution in [2.75, 3.05) is 12.0 Å². The van der Waals surface area contributed by atoms with Gasteiger partial charge in [-0.25, -0.2) is 0 Å². The summed E-state index contributed by atoms with van der Waals surface area (Å²) in [6.07, 6.45) is 2.64. The van der Waals surface area contributed by atoms with Crippen LogP contribution in [-0.4, -0.2) is 51.1 Å². The van der Waals surface area contributed by atoms with Gasteiger partial charge in [0.15, 0.2) is 0 Å². The van der Waals surface area contributed by atoms with Gasteiger partial charge in [-0.2, -0.15) is 0 Å². The van der Waals surface area contributed by atoms with E-state index in [9.17, 15) is 13.8 Å². The zero-order chi connectivity index (χ0) is 13.9. The molecule has 0 aromatic rings. The minimum Gasteiger partial charge on any atom is -0.303 e. The predicted octanol–water partition coefficient (Wildman–Crippen LogP) is 0.269. The average Bonchev–Trinajstić information content (AvgIpc) is 2.51. The molecule has 1 saturated heterocycles. The monoisotopic (exact) mass is 274 g/mol. The molecule has 0 radical (unpaired) electrons. The van der Waals surface area contributed by atoms with Crippen molar-refractivity contribution in [3.05, 3.63) is 0 Å². The van der Waals surface area contributed by atoms with Crippen molar-refractivity contribution in [2.24, 2.45) is 0 Å². The van der Waals surface area contributed by atoms with Gasteiger partial charge in [0.1, 0.15) is 0 Å². The molecule has 3 atom stereocenters. The van der Waals surface area contributed by atoms with Gasteiger partial charge in [0, 0.05) is 34.9 Å². The molecule has 104 valence electrons. The maximum Gasteiger partial charge on any atom is 0.247 e. The molecule has 3 unspecified atom stereocenters. The summed E-state index contributed by atoms with van der Waals surface area (Å²) in [6, 6.07) is -0.418. The Labute approximate surface area is 111 Å². The molecule has 0 saturated carbocycles. The Balaban J connectivity index is 2.51. The second kappa shape index (κ2) is 6.43. The van der Waals surface area contributed by atoms with Gasteiger partial charge in [0.05, 0.1) is 12.5 Å². The van der Waals surface area contributed by atoms with Crippen LogP contribution in [0.25, 0.3) is 0 Å². The van der Waals surface area contributed by atoms with E-state index in [4.69, 9.17) is 0 Å². The third-order valence-corrected chi connectivity index (χ3v) is 3.83. The number of amides is 2. The summed E-state index contributed by atoms with van der Waals surface area (Å²) in [5, 5.41) is 3.15. The van der Waals surface area contributed by atoms with E-state index in [1.165, 1.54) is 4.90 Å². The summed E-state index contributed by atoms with van der Waals surface area (Å²) in [7, 11) is -0.822. The van der Waals surface area contributed by atoms with Gasteiger partial charge in [-0.1, -0.05) is 0 Å².